The Morgan fingerprint density at radius 3 is 2.82 bits per heavy atom. The zero-order valence-electron chi connectivity index (χ0n) is 9.39. The van der Waals surface area contributed by atoms with Crippen molar-refractivity contribution in [3.05, 3.63) is 33.4 Å². The lowest BCUT2D eigenvalue weighted by atomic mass is 10.1. The Bertz CT molecular complexity index is 610. The molecular formula is C13H11Cl2NO. The van der Waals surface area contributed by atoms with Crippen LogP contribution in [-0.4, -0.2) is 12.1 Å². The molecule has 0 unspecified atom stereocenters. The Kier molecular flexibility index (Phi) is 2.64. The Hall–Kier alpha value is -0.990. The number of halogens is 2. The van der Waals surface area contributed by atoms with E-state index in [1.807, 2.05) is 6.07 Å². The predicted octanol–water partition coefficient (Wildman–Crippen LogP) is 4.04. The molecule has 17 heavy (non-hydrogen) atoms. The zero-order chi connectivity index (χ0) is 12.0. The van der Waals surface area contributed by atoms with Gasteiger partial charge < -0.3 is 4.74 Å². The smallest absolute Gasteiger partial charge is 0.145 e. The minimum absolute atomic E-state index is 0.632. The maximum atomic E-state index is 6.44. The highest BCUT2D eigenvalue weighted by Crippen LogP contribution is 2.40. The number of methoxy groups -OCH3 is 1. The number of pyridine rings is 1. The van der Waals surface area contributed by atoms with Crippen LogP contribution in [0.2, 0.25) is 10.0 Å². The molecule has 0 saturated heterocycles. The second-order valence-electron chi connectivity index (χ2n) is 4.18. The number of ether oxygens (including phenoxy) is 1. The van der Waals surface area contributed by atoms with Crippen molar-refractivity contribution in [2.75, 3.05) is 7.11 Å². The van der Waals surface area contributed by atoms with Crippen molar-refractivity contribution in [2.45, 2.75) is 19.3 Å². The fourth-order valence-corrected chi connectivity index (χ4v) is 3.10. The quantitative estimate of drug-likeness (QED) is 0.778. The van der Waals surface area contributed by atoms with Crippen LogP contribution >= 0.6 is 23.2 Å². The largest absolute Gasteiger partial charge is 0.494 e. The van der Waals surface area contributed by atoms with Crippen LogP contribution in [0.15, 0.2) is 12.1 Å². The summed E-state index contributed by atoms with van der Waals surface area (Å²) in [4.78, 5) is 4.65. The number of nitrogens with zero attached hydrogens (tertiary/aromatic N) is 1. The highest BCUT2D eigenvalue weighted by atomic mass is 35.5. The van der Waals surface area contributed by atoms with Crippen molar-refractivity contribution < 1.29 is 4.74 Å². The molecule has 0 radical (unpaired) electrons. The van der Waals surface area contributed by atoms with Crippen LogP contribution in [0.3, 0.4) is 0 Å². The molecule has 0 atom stereocenters. The minimum atomic E-state index is 0.632. The van der Waals surface area contributed by atoms with Crippen LogP contribution in [0.25, 0.3) is 10.9 Å². The van der Waals surface area contributed by atoms with E-state index >= 15 is 0 Å². The molecule has 0 N–H and O–H groups in total. The molecule has 0 saturated carbocycles. The maximum Gasteiger partial charge on any atom is 0.145 e. The third-order valence-corrected chi connectivity index (χ3v) is 3.96. The Morgan fingerprint density at radius 1 is 1.24 bits per heavy atom. The summed E-state index contributed by atoms with van der Waals surface area (Å²) in [5, 5.41) is 2.19. The summed E-state index contributed by atoms with van der Waals surface area (Å²) < 4.78 is 5.32. The van der Waals surface area contributed by atoms with Gasteiger partial charge in [-0.1, -0.05) is 23.2 Å². The SMILES string of the molecule is COc1ccc(Cl)c2c(Cl)c3c(nc12)CCC3. The number of hydrogen-bond donors (Lipinski definition) is 0. The van der Waals surface area contributed by atoms with E-state index in [-0.39, 0.29) is 0 Å². The predicted molar refractivity (Wildman–Crippen MR) is 70.3 cm³/mol. The zero-order valence-corrected chi connectivity index (χ0v) is 10.9. The van der Waals surface area contributed by atoms with Gasteiger partial charge in [0.1, 0.15) is 11.3 Å². The Morgan fingerprint density at radius 2 is 2.06 bits per heavy atom. The first-order valence-corrected chi connectivity index (χ1v) is 6.31. The van der Waals surface area contributed by atoms with Crippen molar-refractivity contribution in [2.24, 2.45) is 0 Å². The Balaban J connectivity index is 2.45. The molecular weight excluding hydrogens is 257 g/mol. The maximum absolute atomic E-state index is 6.44. The van der Waals surface area contributed by atoms with Crippen molar-refractivity contribution >= 4 is 34.1 Å². The lowest BCUT2D eigenvalue weighted by molar-refractivity contribution is 0.419. The molecule has 0 aliphatic heterocycles. The van der Waals surface area contributed by atoms with Crippen molar-refractivity contribution in [3.8, 4) is 5.75 Å². The topological polar surface area (TPSA) is 22.1 Å². The van der Waals surface area contributed by atoms with Gasteiger partial charge in [-0.3, -0.25) is 0 Å². The average molecular weight is 268 g/mol. The summed E-state index contributed by atoms with van der Waals surface area (Å²) in [6.07, 6.45) is 3.09. The fraction of sp³-hybridized carbons (Fsp3) is 0.308. The van der Waals surface area contributed by atoms with Gasteiger partial charge in [-0.15, -0.1) is 0 Å². The van der Waals surface area contributed by atoms with E-state index in [2.05, 4.69) is 4.98 Å². The molecule has 2 nitrogen and oxygen atoms in total. The number of aryl methyl sites for hydroxylation is 1. The van der Waals surface area contributed by atoms with Crippen molar-refractivity contribution in [1.29, 1.82) is 0 Å². The summed E-state index contributed by atoms with van der Waals surface area (Å²) in [6, 6.07) is 3.63. The first kappa shape index (κ1) is 11.1. The van der Waals surface area contributed by atoms with Gasteiger partial charge in [-0.25, -0.2) is 4.98 Å². The molecule has 0 bridgehead atoms. The second-order valence-corrected chi connectivity index (χ2v) is 4.96. The van der Waals surface area contributed by atoms with Crippen molar-refractivity contribution in [1.82, 2.24) is 4.98 Å². The van der Waals surface area contributed by atoms with E-state index in [9.17, 15) is 0 Å². The number of aromatic nitrogens is 1. The van der Waals surface area contributed by atoms with Crippen LogP contribution in [0.4, 0.5) is 0 Å². The molecule has 0 fully saturated rings. The first-order valence-electron chi connectivity index (χ1n) is 5.56. The van der Waals surface area contributed by atoms with E-state index in [0.717, 1.165) is 52.2 Å². The summed E-state index contributed by atoms with van der Waals surface area (Å²) in [6.45, 7) is 0. The van der Waals surface area contributed by atoms with Gasteiger partial charge in [-0.2, -0.15) is 0 Å². The van der Waals surface area contributed by atoms with E-state index in [1.165, 1.54) is 0 Å². The number of benzene rings is 1. The highest BCUT2D eigenvalue weighted by molar-refractivity contribution is 6.42. The van der Waals surface area contributed by atoms with Gasteiger partial charge in [0.05, 0.1) is 17.2 Å². The number of fused-ring (bicyclic) bond motifs is 2. The monoisotopic (exact) mass is 267 g/mol. The third-order valence-electron chi connectivity index (χ3n) is 3.23. The molecule has 1 aliphatic rings. The molecule has 2 aromatic rings. The van der Waals surface area contributed by atoms with E-state index < -0.39 is 0 Å². The van der Waals surface area contributed by atoms with Gasteiger partial charge in [0.25, 0.3) is 0 Å². The van der Waals surface area contributed by atoms with Crippen LogP contribution in [0.1, 0.15) is 17.7 Å². The second kappa shape index (κ2) is 4.04. The molecule has 0 amide bonds. The van der Waals surface area contributed by atoms with Crippen LogP contribution in [0.5, 0.6) is 5.75 Å². The minimum Gasteiger partial charge on any atom is -0.494 e. The number of hydrogen-bond acceptors (Lipinski definition) is 2. The van der Waals surface area contributed by atoms with Crippen molar-refractivity contribution in [3.63, 3.8) is 0 Å². The van der Waals surface area contributed by atoms with Gasteiger partial charge >= 0.3 is 0 Å². The average Bonchev–Trinajstić information content (AvgIpc) is 2.78. The molecule has 1 aliphatic carbocycles. The van der Waals surface area contributed by atoms with Crippen LogP contribution in [-0.2, 0) is 12.8 Å². The molecule has 1 aromatic heterocycles. The van der Waals surface area contributed by atoms with Gasteiger partial charge in [0.15, 0.2) is 0 Å². The lowest BCUT2D eigenvalue weighted by Gasteiger charge is -2.11. The van der Waals surface area contributed by atoms with Crippen LogP contribution < -0.4 is 4.74 Å². The summed E-state index contributed by atoms with van der Waals surface area (Å²) >= 11 is 12.7. The van der Waals surface area contributed by atoms with E-state index in [0.29, 0.717) is 5.02 Å². The normalized spacial score (nSPS) is 14.1. The molecule has 1 aromatic carbocycles. The highest BCUT2D eigenvalue weighted by Gasteiger charge is 2.21. The molecule has 1 heterocycles. The standard InChI is InChI=1S/C13H11Cl2NO/c1-17-10-6-5-8(14)11-12(15)7-3-2-4-9(7)16-13(10)11/h5-6H,2-4H2,1H3. The summed E-state index contributed by atoms with van der Waals surface area (Å²) in [5.41, 5.74) is 3.00. The molecule has 3 rings (SSSR count). The fourth-order valence-electron chi connectivity index (χ4n) is 2.41. The molecule has 4 heteroatoms. The van der Waals surface area contributed by atoms with Gasteiger partial charge in [-0.05, 0) is 37.0 Å². The summed E-state index contributed by atoms with van der Waals surface area (Å²) in [5.74, 6) is 0.723. The molecule has 88 valence electrons. The van der Waals surface area contributed by atoms with Gasteiger partial charge in [0.2, 0.25) is 0 Å². The lowest BCUT2D eigenvalue weighted by Crippen LogP contribution is -1.95. The van der Waals surface area contributed by atoms with Gasteiger partial charge in [0, 0.05) is 11.1 Å². The van der Waals surface area contributed by atoms with E-state index in [4.69, 9.17) is 27.9 Å². The van der Waals surface area contributed by atoms with E-state index in [1.54, 1.807) is 13.2 Å². The summed E-state index contributed by atoms with van der Waals surface area (Å²) in [7, 11) is 1.63. The third kappa shape index (κ3) is 1.59. The van der Waals surface area contributed by atoms with Crippen LogP contribution in [0, 0.1) is 0 Å². The molecule has 0 spiro atoms. The number of rotatable bonds is 1. The Labute approximate surface area is 110 Å². The first-order chi connectivity index (χ1) is 8.22.